The van der Waals surface area contributed by atoms with Gasteiger partial charge in [0.1, 0.15) is 11.2 Å². The molecule has 0 amide bonds. The summed E-state index contributed by atoms with van der Waals surface area (Å²) in [5.41, 5.74) is 11.2. The SMILES string of the molecule is N#CC(/C=C\N)=C/Cc1cccc(-c2ccc3oc4ccc5ccccc5c4c3c2)c1. The molecule has 0 aliphatic carbocycles. The predicted molar refractivity (Wildman–Crippen MR) is 127 cm³/mol. The van der Waals surface area contributed by atoms with Gasteiger partial charge in [-0.25, -0.2) is 0 Å². The Morgan fingerprint density at radius 1 is 0.871 bits per heavy atom. The van der Waals surface area contributed by atoms with E-state index in [0.29, 0.717) is 12.0 Å². The summed E-state index contributed by atoms with van der Waals surface area (Å²) in [5.74, 6) is 0. The molecule has 5 rings (SSSR count). The number of nitrogens with two attached hydrogens (primary N) is 1. The fraction of sp³-hybridized carbons (Fsp3) is 0.0357. The van der Waals surface area contributed by atoms with Crippen LogP contribution in [-0.2, 0) is 6.42 Å². The van der Waals surface area contributed by atoms with Gasteiger partial charge in [0.05, 0.1) is 6.07 Å². The van der Waals surface area contributed by atoms with Crippen molar-refractivity contribution in [3.8, 4) is 17.2 Å². The van der Waals surface area contributed by atoms with Crippen LogP contribution in [0.3, 0.4) is 0 Å². The van der Waals surface area contributed by atoms with E-state index in [1.54, 1.807) is 6.08 Å². The molecule has 4 aromatic carbocycles. The molecule has 0 bridgehead atoms. The predicted octanol–water partition coefficient (Wildman–Crippen LogP) is 6.87. The first kappa shape index (κ1) is 18.7. The van der Waals surface area contributed by atoms with Crippen LogP contribution in [0, 0.1) is 11.3 Å². The van der Waals surface area contributed by atoms with E-state index in [1.807, 2.05) is 18.2 Å². The maximum absolute atomic E-state index is 9.18. The molecule has 0 saturated heterocycles. The molecule has 0 spiro atoms. The van der Waals surface area contributed by atoms with E-state index in [4.69, 9.17) is 10.2 Å². The Bertz CT molecular complexity index is 1530. The normalized spacial score (nSPS) is 12.2. The van der Waals surface area contributed by atoms with Gasteiger partial charge in [0, 0.05) is 16.3 Å². The zero-order valence-corrected chi connectivity index (χ0v) is 16.9. The quantitative estimate of drug-likeness (QED) is 0.264. The number of hydrogen-bond donors (Lipinski definition) is 1. The number of hydrogen-bond acceptors (Lipinski definition) is 3. The van der Waals surface area contributed by atoms with Gasteiger partial charge in [0.15, 0.2) is 0 Å². The van der Waals surface area contributed by atoms with Crippen LogP contribution in [0.25, 0.3) is 43.8 Å². The lowest BCUT2D eigenvalue weighted by atomic mass is 9.98. The Morgan fingerprint density at radius 3 is 2.58 bits per heavy atom. The van der Waals surface area contributed by atoms with Gasteiger partial charge in [-0.3, -0.25) is 0 Å². The van der Waals surface area contributed by atoms with Gasteiger partial charge in [0.2, 0.25) is 0 Å². The zero-order valence-electron chi connectivity index (χ0n) is 16.9. The molecule has 0 fully saturated rings. The standard InChI is InChI=1S/C28H20N2O/c29-15-14-20(18-30)9-8-19-4-3-6-22(16-19)23-11-12-26-25(17-23)28-24-7-2-1-5-21(24)10-13-27(28)31-26/h1-7,9-17H,8,29H2/b15-14-,20-9+. The number of nitriles is 1. The van der Waals surface area contributed by atoms with E-state index in [9.17, 15) is 5.26 Å². The van der Waals surface area contributed by atoms with Gasteiger partial charge in [-0.05, 0) is 64.4 Å². The maximum Gasteiger partial charge on any atom is 0.136 e. The summed E-state index contributed by atoms with van der Waals surface area (Å²) >= 11 is 0. The van der Waals surface area contributed by atoms with Crippen molar-refractivity contribution in [2.24, 2.45) is 5.73 Å². The van der Waals surface area contributed by atoms with Gasteiger partial charge in [-0.15, -0.1) is 0 Å². The summed E-state index contributed by atoms with van der Waals surface area (Å²) in [4.78, 5) is 0. The first-order valence-corrected chi connectivity index (χ1v) is 10.2. The molecule has 3 heteroatoms. The van der Waals surface area contributed by atoms with Crippen LogP contribution >= 0.6 is 0 Å². The minimum absolute atomic E-state index is 0.561. The Kier molecular flexibility index (Phi) is 4.74. The first-order chi connectivity index (χ1) is 15.3. The van der Waals surface area contributed by atoms with Crippen LogP contribution in [0.2, 0.25) is 0 Å². The summed E-state index contributed by atoms with van der Waals surface area (Å²) in [5, 5.41) is 13.9. The van der Waals surface area contributed by atoms with Crippen molar-refractivity contribution in [2.75, 3.05) is 0 Å². The highest BCUT2D eigenvalue weighted by atomic mass is 16.3. The van der Waals surface area contributed by atoms with Gasteiger partial charge in [-0.1, -0.05) is 66.7 Å². The van der Waals surface area contributed by atoms with E-state index in [0.717, 1.165) is 38.6 Å². The Labute approximate surface area is 180 Å². The topological polar surface area (TPSA) is 63.0 Å². The van der Waals surface area contributed by atoms with Crippen molar-refractivity contribution in [1.82, 2.24) is 0 Å². The van der Waals surface area contributed by atoms with Crippen LogP contribution in [-0.4, -0.2) is 0 Å². The summed E-state index contributed by atoms with van der Waals surface area (Å²) < 4.78 is 6.12. The van der Waals surface area contributed by atoms with Gasteiger partial charge < -0.3 is 10.2 Å². The van der Waals surface area contributed by atoms with Crippen molar-refractivity contribution >= 4 is 32.7 Å². The number of nitrogens with zero attached hydrogens (tertiary/aromatic N) is 1. The zero-order chi connectivity index (χ0) is 21.2. The third kappa shape index (κ3) is 3.45. The largest absolute Gasteiger partial charge is 0.456 e. The lowest BCUT2D eigenvalue weighted by molar-refractivity contribution is 0.669. The molecule has 0 aliphatic rings. The molecular weight excluding hydrogens is 380 g/mol. The first-order valence-electron chi connectivity index (χ1n) is 10.2. The van der Waals surface area contributed by atoms with Gasteiger partial charge >= 0.3 is 0 Å². The van der Waals surface area contributed by atoms with E-state index in [-0.39, 0.29) is 0 Å². The number of furan rings is 1. The summed E-state index contributed by atoms with van der Waals surface area (Å²) in [6.07, 6.45) is 5.57. The average molecular weight is 400 g/mol. The van der Waals surface area contributed by atoms with E-state index >= 15 is 0 Å². The fourth-order valence-electron chi connectivity index (χ4n) is 4.09. The smallest absolute Gasteiger partial charge is 0.136 e. The van der Waals surface area contributed by atoms with Gasteiger partial charge in [-0.2, -0.15) is 5.26 Å². The van der Waals surface area contributed by atoms with Crippen molar-refractivity contribution in [1.29, 1.82) is 5.26 Å². The Morgan fingerprint density at radius 2 is 1.71 bits per heavy atom. The van der Waals surface area contributed by atoms with Crippen LogP contribution in [0.5, 0.6) is 0 Å². The van der Waals surface area contributed by atoms with Crippen LogP contribution in [0.4, 0.5) is 0 Å². The molecule has 0 saturated carbocycles. The highest BCUT2D eigenvalue weighted by Crippen LogP contribution is 2.36. The average Bonchev–Trinajstić information content (AvgIpc) is 3.20. The maximum atomic E-state index is 9.18. The van der Waals surface area contributed by atoms with E-state index in [1.165, 1.54) is 17.0 Å². The second-order valence-corrected chi connectivity index (χ2v) is 7.51. The number of rotatable bonds is 4. The van der Waals surface area contributed by atoms with E-state index in [2.05, 4.69) is 72.8 Å². The van der Waals surface area contributed by atoms with Crippen LogP contribution < -0.4 is 5.73 Å². The van der Waals surface area contributed by atoms with E-state index < -0.39 is 0 Å². The lowest BCUT2D eigenvalue weighted by Crippen LogP contribution is -1.86. The molecule has 148 valence electrons. The van der Waals surface area contributed by atoms with Crippen molar-refractivity contribution in [3.63, 3.8) is 0 Å². The molecule has 5 aromatic rings. The molecule has 0 radical (unpaired) electrons. The Balaban J connectivity index is 1.60. The Hall–Kier alpha value is -4.29. The molecular formula is C28H20N2O. The van der Waals surface area contributed by atoms with Crippen LogP contribution in [0.15, 0.2) is 107 Å². The van der Waals surface area contributed by atoms with Crippen LogP contribution in [0.1, 0.15) is 5.56 Å². The van der Waals surface area contributed by atoms with Crippen molar-refractivity contribution < 1.29 is 4.42 Å². The van der Waals surface area contributed by atoms with Crippen molar-refractivity contribution in [2.45, 2.75) is 6.42 Å². The second kappa shape index (κ2) is 7.85. The highest BCUT2D eigenvalue weighted by Gasteiger charge is 2.11. The molecule has 2 N–H and O–H groups in total. The number of allylic oxidation sites excluding steroid dienone is 3. The van der Waals surface area contributed by atoms with Crippen molar-refractivity contribution in [3.05, 3.63) is 108 Å². The molecule has 31 heavy (non-hydrogen) atoms. The summed E-state index contributed by atoms with van der Waals surface area (Å²) in [6.45, 7) is 0. The molecule has 0 aliphatic heterocycles. The molecule has 1 aromatic heterocycles. The minimum atomic E-state index is 0.561. The molecule has 3 nitrogen and oxygen atoms in total. The third-order valence-corrected chi connectivity index (χ3v) is 5.58. The molecule has 0 unspecified atom stereocenters. The van der Waals surface area contributed by atoms with Gasteiger partial charge in [0.25, 0.3) is 0 Å². The monoisotopic (exact) mass is 400 g/mol. The third-order valence-electron chi connectivity index (χ3n) is 5.58. The highest BCUT2D eigenvalue weighted by molar-refractivity contribution is 6.19. The molecule has 1 heterocycles. The fourth-order valence-corrected chi connectivity index (χ4v) is 4.09. The number of benzene rings is 4. The summed E-state index contributed by atoms with van der Waals surface area (Å²) in [7, 11) is 0. The molecule has 0 atom stereocenters. The lowest BCUT2D eigenvalue weighted by Gasteiger charge is -2.05. The minimum Gasteiger partial charge on any atom is -0.456 e. The number of fused-ring (bicyclic) bond motifs is 5. The second-order valence-electron chi connectivity index (χ2n) is 7.51. The summed E-state index contributed by atoms with van der Waals surface area (Å²) in [6, 6.07) is 29.5.